The first kappa shape index (κ1) is 33.2. The number of nitrogens with zero attached hydrogens (tertiary/aromatic N) is 1. The topological polar surface area (TPSA) is 154 Å². The minimum Gasteiger partial charge on any atom is -0.493 e. The number of hydrogen-bond acceptors (Lipinski definition) is 11. The highest BCUT2D eigenvalue weighted by atomic mass is 32.1. The number of hydrogen-bond donors (Lipinski definition) is 3. The largest absolute Gasteiger partial charge is 0.493 e. The van der Waals surface area contributed by atoms with Crippen LogP contribution in [0.25, 0.3) is 11.1 Å². The predicted molar refractivity (Wildman–Crippen MR) is 172 cm³/mol. The Hall–Kier alpha value is -4.65. The molecule has 3 N–H and O–H groups in total. The van der Waals surface area contributed by atoms with Crippen molar-refractivity contribution in [1.29, 1.82) is 0 Å². The Kier molecular flexibility index (Phi) is 10.3. The number of carbonyl (C=O) groups excluding carboxylic acids is 3. The first-order valence-corrected chi connectivity index (χ1v) is 15.2. The lowest BCUT2D eigenvalue weighted by atomic mass is 9.95. The summed E-state index contributed by atoms with van der Waals surface area (Å²) in [6.07, 6.45) is 1.08. The summed E-state index contributed by atoms with van der Waals surface area (Å²) in [4.78, 5) is 56.3. The van der Waals surface area contributed by atoms with Crippen molar-refractivity contribution < 1.29 is 33.3 Å². The van der Waals surface area contributed by atoms with Crippen LogP contribution in [0.4, 0.5) is 10.8 Å². The van der Waals surface area contributed by atoms with Gasteiger partial charge in [0.15, 0.2) is 22.3 Å². The summed E-state index contributed by atoms with van der Waals surface area (Å²) in [5.41, 5.74) is 2.84. The zero-order chi connectivity index (χ0) is 33.0. The van der Waals surface area contributed by atoms with E-state index in [1.54, 1.807) is 26.2 Å². The maximum absolute atomic E-state index is 13.8. The summed E-state index contributed by atoms with van der Waals surface area (Å²) >= 11 is 1.15. The molecule has 0 fully saturated rings. The summed E-state index contributed by atoms with van der Waals surface area (Å²) in [5, 5.41) is 9.12. The number of methoxy groups -OCH3 is 4. The van der Waals surface area contributed by atoms with Crippen molar-refractivity contribution in [1.82, 2.24) is 10.3 Å². The van der Waals surface area contributed by atoms with Gasteiger partial charge in [0.25, 0.3) is 0 Å². The molecule has 0 aliphatic heterocycles. The van der Waals surface area contributed by atoms with Gasteiger partial charge in [-0.3, -0.25) is 14.4 Å². The van der Waals surface area contributed by atoms with Crippen molar-refractivity contribution in [2.45, 2.75) is 52.6 Å². The van der Waals surface area contributed by atoms with E-state index < -0.39 is 24.0 Å². The highest BCUT2D eigenvalue weighted by Gasteiger charge is 2.30. The fourth-order valence-electron chi connectivity index (χ4n) is 5.45. The minimum atomic E-state index is -0.831. The molecule has 0 saturated heterocycles. The number of fused-ring (bicyclic) bond motifs is 3. The number of anilines is 2. The van der Waals surface area contributed by atoms with Gasteiger partial charge in [0.1, 0.15) is 6.04 Å². The minimum absolute atomic E-state index is 0.129. The van der Waals surface area contributed by atoms with E-state index >= 15 is 0 Å². The molecule has 12 nitrogen and oxygen atoms in total. The van der Waals surface area contributed by atoms with Crippen molar-refractivity contribution >= 4 is 39.9 Å². The SMILES string of the molecule is COC(=O)c1nc(NC(=O)[C@H](Nc2ccc3c(cc2=O)[C@@H](NC(C)=O)CCc2cc(OC)c(OC)c(OC)c2-3)C(C)C)sc1C. The van der Waals surface area contributed by atoms with E-state index in [9.17, 15) is 19.2 Å². The van der Waals surface area contributed by atoms with Crippen LogP contribution in [-0.2, 0) is 20.7 Å². The fraction of sp³-hybridized carbons (Fsp3) is 0.406. The molecule has 1 aliphatic carbocycles. The van der Waals surface area contributed by atoms with Crippen LogP contribution in [0, 0.1) is 12.8 Å². The first-order valence-electron chi connectivity index (χ1n) is 14.3. The molecule has 0 unspecified atom stereocenters. The third-order valence-corrected chi connectivity index (χ3v) is 8.47. The summed E-state index contributed by atoms with van der Waals surface area (Å²) in [5.74, 6) is -0.155. The van der Waals surface area contributed by atoms with Crippen LogP contribution in [0.2, 0.25) is 0 Å². The molecular weight excluding hydrogens is 600 g/mol. The van der Waals surface area contributed by atoms with Crippen molar-refractivity contribution in [2.24, 2.45) is 5.92 Å². The van der Waals surface area contributed by atoms with Gasteiger partial charge in [-0.1, -0.05) is 19.9 Å². The van der Waals surface area contributed by atoms with Gasteiger partial charge >= 0.3 is 5.97 Å². The number of nitrogens with one attached hydrogen (secondary N) is 3. The van der Waals surface area contributed by atoms with Crippen LogP contribution in [0.1, 0.15) is 59.7 Å². The standard InChI is InChI=1S/C32H38N4O8S/c1-15(2)26(30(39)36-32-35-27(16(3)45-32)31(40)44-8)34-22-12-10-19-20(14-23(22)38)21(33-17(4)37)11-9-18-13-24(41-5)28(42-6)29(43-7)25(18)19/h10,12-15,21,26H,9,11H2,1-8H3,(H,33,37)(H,34,38)(H,35,36,39)/t21-,26+/m0/s1. The Morgan fingerprint density at radius 1 is 1.02 bits per heavy atom. The molecule has 240 valence electrons. The lowest BCUT2D eigenvalue weighted by Gasteiger charge is -2.21. The number of esters is 1. The molecule has 1 heterocycles. The summed E-state index contributed by atoms with van der Waals surface area (Å²) in [6.45, 7) is 6.84. The number of amides is 2. The maximum atomic E-state index is 13.8. The van der Waals surface area contributed by atoms with Crippen molar-refractivity contribution in [3.63, 3.8) is 0 Å². The second kappa shape index (κ2) is 14.0. The third kappa shape index (κ3) is 6.88. The number of benzene rings is 1. The number of rotatable bonds is 10. The number of aromatic nitrogens is 1. The number of thiazole rings is 1. The van der Waals surface area contributed by atoms with Crippen LogP contribution in [-0.4, -0.2) is 57.2 Å². The molecule has 13 heteroatoms. The molecule has 0 bridgehead atoms. The van der Waals surface area contributed by atoms with E-state index in [0.717, 1.165) is 22.5 Å². The molecule has 2 amide bonds. The molecule has 45 heavy (non-hydrogen) atoms. The van der Waals surface area contributed by atoms with Crippen molar-refractivity contribution in [3.05, 3.63) is 56.2 Å². The van der Waals surface area contributed by atoms with E-state index in [0.29, 0.717) is 46.1 Å². The molecule has 3 aromatic rings. The van der Waals surface area contributed by atoms with Gasteiger partial charge in [0.2, 0.25) is 23.0 Å². The predicted octanol–water partition coefficient (Wildman–Crippen LogP) is 4.49. The summed E-state index contributed by atoms with van der Waals surface area (Å²) in [6, 6.07) is 5.48. The third-order valence-electron chi connectivity index (χ3n) is 7.58. The zero-order valence-electron chi connectivity index (χ0n) is 26.6. The quantitative estimate of drug-likeness (QED) is 0.271. The lowest BCUT2D eigenvalue weighted by Crippen LogP contribution is -2.39. The Morgan fingerprint density at radius 2 is 1.73 bits per heavy atom. The van der Waals surface area contributed by atoms with E-state index in [4.69, 9.17) is 18.9 Å². The van der Waals surface area contributed by atoms with Crippen LogP contribution in [0.3, 0.4) is 0 Å². The molecule has 0 saturated carbocycles. The van der Waals surface area contributed by atoms with E-state index in [-0.39, 0.29) is 33.8 Å². The van der Waals surface area contributed by atoms with Gasteiger partial charge in [-0.15, -0.1) is 11.3 Å². The van der Waals surface area contributed by atoms with Crippen LogP contribution < -0.4 is 35.6 Å². The van der Waals surface area contributed by atoms with Gasteiger partial charge < -0.3 is 34.9 Å². The molecular formula is C32H38N4O8S. The highest BCUT2D eigenvalue weighted by molar-refractivity contribution is 7.16. The van der Waals surface area contributed by atoms with Crippen molar-refractivity contribution in [2.75, 3.05) is 39.1 Å². The molecule has 0 radical (unpaired) electrons. The average molecular weight is 639 g/mol. The monoisotopic (exact) mass is 638 g/mol. The van der Waals surface area contributed by atoms with E-state index in [2.05, 4.69) is 20.9 Å². The molecule has 4 rings (SSSR count). The molecule has 1 aliphatic rings. The van der Waals surface area contributed by atoms with Gasteiger partial charge in [0, 0.05) is 17.4 Å². The maximum Gasteiger partial charge on any atom is 0.357 e. The second-order valence-corrected chi connectivity index (χ2v) is 12.1. The Bertz CT molecular complexity index is 1690. The fourth-order valence-corrected chi connectivity index (χ4v) is 6.25. The van der Waals surface area contributed by atoms with Crippen LogP contribution in [0.15, 0.2) is 29.1 Å². The zero-order valence-corrected chi connectivity index (χ0v) is 27.4. The van der Waals surface area contributed by atoms with Crippen molar-refractivity contribution in [3.8, 4) is 28.4 Å². The molecule has 0 spiro atoms. The van der Waals surface area contributed by atoms with E-state index in [1.165, 1.54) is 34.3 Å². The Labute approximate surface area is 265 Å². The van der Waals surface area contributed by atoms with E-state index in [1.807, 2.05) is 19.9 Å². The van der Waals surface area contributed by atoms with Gasteiger partial charge in [-0.2, -0.15) is 0 Å². The number of carbonyl (C=O) groups is 3. The molecule has 1 aromatic heterocycles. The normalized spacial score (nSPS) is 14.3. The smallest absolute Gasteiger partial charge is 0.357 e. The molecule has 2 atom stereocenters. The highest BCUT2D eigenvalue weighted by Crippen LogP contribution is 2.50. The second-order valence-electron chi connectivity index (χ2n) is 10.9. The number of aryl methyl sites for hydroxylation is 2. The summed E-state index contributed by atoms with van der Waals surface area (Å²) < 4.78 is 21.8. The van der Waals surface area contributed by atoms with Crippen LogP contribution in [0.5, 0.6) is 17.2 Å². The molecule has 2 aromatic carbocycles. The summed E-state index contributed by atoms with van der Waals surface area (Å²) in [7, 11) is 5.86. The average Bonchev–Trinajstić information content (AvgIpc) is 3.20. The van der Waals surface area contributed by atoms with Gasteiger partial charge in [0.05, 0.1) is 40.2 Å². The van der Waals surface area contributed by atoms with Gasteiger partial charge in [-0.25, -0.2) is 9.78 Å². The first-order chi connectivity index (χ1) is 21.4. The lowest BCUT2D eigenvalue weighted by molar-refractivity contribution is -0.120. The Morgan fingerprint density at radius 3 is 2.33 bits per heavy atom. The number of ether oxygens (including phenoxy) is 4. The Balaban J connectivity index is 1.81. The van der Waals surface area contributed by atoms with Crippen LogP contribution >= 0.6 is 11.3 Å². The van der Waals surface area contributed by atoms with Gasteiger partial charge in [-0.05, 0) is 60.6 Å².